The van der Waals surface area contributed by atoms with Gasteiger partial charge < -0.3 is 20.4 Å². The molecule has 11 heteroatoms. The first-order valence-corrected chi connectivity index (χ1v) is 13.9. The van der Waals surface area contributed by atoms with Crippen molar-refractivity contribution in [1.29, 1.82) is 0 Å². The Morgan fingerprint density at radius 2 is 1.64 bits per heavy atom. The van der Waals surface area contributed by atoms with Crippen molar-refractivity contribution in [3.63, 3.8) is 0 Å². The number of aliphatic hydroxyl groups is 1. The number of aliphatic carboxylic acids is 1. The van der Waals surface area contributed by atoms with Gasteiger partial charge in [0, 0.05) is 37.2 Å². The van der Waals surface area contributed by atoms with Crippen molar-refractivity contribution >= 4 is 27.8 Å². The number of nitrogens with one attached hydrogen (secondary N) is 2. The molecule has 0 saturated carbocycles. The quantitative estimate of drug-likeness (QED) is 0.308. The van der Waals surface area contributed by atoms with Crippen LogP contribution in [0.15, 0.2) is 82.9 Å². The van der Waals surface area contributed by atoms with Crippen LogP contribution in [-0.4, -0.2) is 67.6 Å². The van der Waals surface area contributed by atoms with Gasteiger partial charge in [0.25, 0.3) is 15.9 Å². The lowest BCUT2D eigenvalue weighted by Crippen LogP contribution is -2.43. The average molecular weight is 556 g/mol. The van der Waals surface area contributed by atoms with Crippen LogP contribution in [0, 0.1) is 5.41 Å². The summed E-state index contributed by atoms with van der Waals surface area (Å²) in [5, 5.41) is 21.9. The number of benzene rings is 2. The molecule has 3 rings (SSSR count). The SMILES string of the molecule is CC(C)(CO)CN1CC(C(=O)NS(=O)(=O)c2ccc(CCNC(=O)Cc3ccccc3)cc2)=CC=C1C(=O)O. The molecule has 2 amide bonds. The highest BCUT2D eigenvalue weighted by Crippen LogP contribution is 2.23. The summed E-state index contributed by atoms with van der Waals surface area (Å²) < 4.78 is 27.7. The fourth-order valence-corrected chi connectivity index (χ4v) is 4.95. The van der Waals surface area contributed by atoms with Crippen molar-refractivity contribution in [2.24, 2.45) is 5.41 Å². The number of hydrogen-bond donors (Lipinski definition) is 4. The summed E-state index contributed by atoms with van der Waals surface area (Å²) >= 11 is 0. The smallest absolute Gasteiger partial charge is 0.352 e. The van der Waals surface area contributed by atoms with Gasteiger partial charge in [0.2, 0.25) is 5.91 Å². The van der Waals surface area contributed by atoms with Gasteiger partial charge in [0.15, 0.2) is 0 Å². The van der Waals surface area contributed by atoms with E-state index in [-0.39, 0.29) is 48.2 Å². The molecule has 0 spiro atoms. The van der Waals surface area contributed by atoms with Gasteiger partial charge in [-0.05, 0) is 41.8 Å². The van der Waals surface area contributed by atoms with Gasteiger partial charge in [-0.25, -0.2) is 17.9 Å². The summed E-state index contributed by atoms with van der Waals surface area (Å²) in [4.78, 5) is 37.8. The Kier molecular flexibility index (Phi) is 9.66. The Morgan fingerprint density at radius 1 is 0.974 bits per heavy atom. The maximum Gasteiger partial charge on any atom is 0.352 e. The molecule has 4 N–H and O–H groups in total. The highest BCUT2D eigenvalue weighted by atomic mass is 32.2. The fraction of sp³-hybridized carbons (Fsp3) is 0.321. The molecule has 10 nitrogen and oxygen atoms in total. The zero-order chi connectivity index (χ0) is 28.6. The predicted molar refractivity (Wildman–Crippen MR) is 145 cm³/mol. The molecule has 1 aliphatic heterocycles. The first-order valence-electron chi connectivity index (χ1n) is 12.4. The molecule has 2 aromatic rings. The number of nitrogens with zero attached hydrogens (tertiary/aromatic N) is 1. The van der Waals surface area contributed by atoms with Crippen LogP contribution in [0.3, 0.4) is 0 Å². The largest absolute Gasteiger partial charge is 0.477 e. The molecule has 0 bridgehead atoms. The minimum Gasteiger partial charge on any atom is -0.477 e. The molecule has 0 atom stereocenters. The van der Waals surface area contributed by atoms with Crippen molar-refractivity contribution in [2.45, 2.75) is 31.6 Å². The molecular formula is C28H33N3O7S. The van der Waals surface area contributed by atoms with Crippen molar-refractivity contribution in [3.05, 3.63) is 89.1 Å². The standard InChI is InChI=1S/C28H33N3O7S/c1-28(2,19-32)18-31-17-22(10-13-24(31)27(35)36)26(34)30-39(37,38)23-11-8-20(9-12-23)14-15-29-25(33)16-21-6-4-3-5-7-21/h3-13,32H,14-19H2,1-2H3,(H,29,33)(H,30,34)(H,35,36). The van der Waals surface area contributed by atoms with Crippen molar-refractivity contribution < 1.29 is 33.0 Å². The number of aliphatic hydroxyl groups excluding tert-OH is 1. The van der Waals surface area contributed by atoms with Crippen LogP contribution < -0.4 is 10.0 Å². The summed E-state index contributed by atoms with van der Waals surface area (Å²) in [6.07, 6.45) is 3.30. The lowest BCUT2D eigenvalue weighted by Gasteiger charge is -2.35. The topological polar surface area (TPSA) is 153 Å². The van der Waals surface area contributed by atoms with E-state index in [2.05, 4.69) is 5.32 Å². The normalized spacial score (nSPS) is 13.8. The van der Waals surface area contributed by atoms with E-state index in [1.807, 2.05) is 35.1 Å². The van der Waals surface area contributed by atoms with E-state index in [9.17, 15) is 33.0 Å². The van der Waals surface area contributed by atoms with Gasteiger partial charge in [0.1, 0.15) is 5.70 Å². The third-order valence-electron chi connectivity index (χ3n) is 6.11. The van der Waals surface area contributed by atoms with Crippen molar-refractivity contribution in [1.82, 2.24) is 14.9 Å². The number of sulfonamides is 1. The van der Waals surface area contributed by atoms with Gasteiger partial charge in [0.05, 0.1) is 11.3 Å². The number of hydrogen-bond acceptors (Lipinski definition) is 7. The van der Waals surface area contributed by atoms with E-state index in [1.165, 1.54) is 29.2 Å². The number of carbonyl (C=O) groups excluding carboxylic acids is 2. The van der Waals surface area contributed by atoms with Crippen LogP contribution in [0.25, 0.3) is 0 Å². The molecule has 0 aromatic heterocycles. The molecule has 0 aliphatic carbocycles. The van der Waals surface area contributed by atoms with Gasteiger partial charge >= 0.3 is 5.97 Å². The highest BCUT2D eigenvalue weighted by molar-refractivity contribution is 7.90. The molecule has 1 heterocycles. The minimum atomic E-state index is -4.19. The lowest BCUT2D eigenvalue weighted by molar-refractivity contribution is -0.135. The zero-order valence-corrected chi connectivity index (χ0v) is 22.7. The third kappa shape index (κ3) is 8.52. The second-order valence-corrected chi connectivity index (χ2v) is 11.8. The van der Waals surface area contributed by atoms with Crippen LogP contribution >= 0.6 is 0 Å². The summed E-state index contributed by atoms with van der Waals surface area (Å²) in [6, 6.07) is 15.4. The molecule has 0 radical (unpaired) electrons. The molecule has 1 aliphatic rings. The summed E-state index contributed by atoms with van der Waals surface area (Å²) in [5.74, 6) is -2.17. The number of carboxylic acids is 1. The number of allylic oxidation sites excluding steroid dienone is 2. The molecule has 2 aromatic carbocycles. The number of rotatable bonds is 12. The van der Waals surface area contributed by atoms with E-state index >= 15 is 0 Å². The zero-order valence-electron chi connectivity index (χ0n) is 21.9. The number of amides is 2. The summed E-state index contributed by atoms with van der Waals surface area (Å²) in [7, 11) is -4.19. The maximum absolute atomic E-state index is 12.8. The average Bonchev–Trinajstić information content (AvgIpc) is 2.89. The first kappa shape index (κ1) is 29.6. The molecule has 0 unspecified atom stereocenters. The monoisotopic (exact) mass is 555 g/mol. The Labute approximate surface area is 228 Å². The fourth-order valence-electron chi connectivity index (χ4n) is 3.96. The maximum atomic E-state index is 12.8. The van der Waals surface area contributed by atoms with Gasteiger partial charge in [-0.2, -0.15) is 0 Å². The number of carboxylic acid groups (broad SMARTS) is 1. The lowest BCUT2D eigenvalue weighted by atomic mass is 9.93. The highest BCUT2D eigenvalue weighted by Gasteiger charge is 2.30. The predicted octanol–water partition coefficient (Wildman–Crippen LogP) is 1.62. The minimum absolute atomic E-state index is 0.0530. The van der Waals surface area contributed by atoms with Gasteiger partial charge in [-0.15, -0.1) is 0 Å². The van der Waals surface area contributed by atoms with Crippen LogP contribution in [0.2, 0.25) is 0 Å². The second-order valence-electron chi connectivity index (χ2n) is 10.1. The van der Waals surface area contributed by atoms with Crippen LogP contribution in [-0.2, 0) is 37.2 Å². The Hall–Kier alpha value is -3.96. The summed E-state index contributed by atoms with van der Waals surface area (Å²) in [6.45, 7) is 3.70. The van der Waals surface area contributed by atoms with Gasteiger partial charge in [-0.1, -0.05) is 56.3 Å². The second kappa shape index (κ2) is 12.7. The Bertz CT molecular complexity index is 1370. The molecular weight excluding hydrogens is 522 g/mol. The van der Waals surface area contributed by atoms with E-state index in [0.717, 1.165) is 11.1 Å². The third-order valence-corrected chi connectivity index (χ3v) is 7.45. The molecule has 39 heavy (non-hydrogen) atoms. The first-order chi connectivity index (χ1) is 18.4. The molecule has 0 fully saturated rings. The van der Waals surface area contributed by atoms with E-state index in [0.29, 0.717) is 13.0 Å². The van der Waals surface area contributed by atoms with Gasteiger partial charge in [-0.3, -0.25) is 9.59 Å². The van der Waals surface area contributed by atoms with Crippen molar-refractivity contribution in [3.8, 4) is 0 Å². The Balaban J connectivity index is 1.58. The van der Waals surface area contributed by atoms with Crippen LogP contribution in [0.5, 0.6) is 0 Å². The van der Waals surface area contributed by atoms with Crippen LogP contribution in [0.4, 0.5) is 0 Å². The van der Waals surface area contributed by atoms with E-state index in [1.54, 1.807) is 26.0 Å². The van der Waals surface area contributed by atoms with E-state index < -0.39 is 27.3 Å². The number of carbonyl (C=O) groups is 3. The van der Waals surface area contributed by atoms with Crippen molar-refractivity contribution in [2.75, 3.05) is 26.2 Å². The summed E-state index contributed by atoms with van der Waals surface area (Å²) in [5.41, 5.74) is 1.09. The molecule has 208 valence electrons. The Morgan fingerprint density at radius 3 is 2.26 bits per heavy atom. The van der Waals surface area contributed by atoms with Crippen LogP contribution in [0.1, 0.15) is 25.0 Å². The van der Waals surface area contributed by atoms with E-state index in [4.69, 9.17) is 0 Å². The molecule has 0 saturated heterocycles.